The third-order valence-electron chi connectivity index (χ3n) is 7.00. The van der Waals surface area contributed by atoms with Gasteiger partial charge in [-0.2, -0.15) is 8.78 Å². The van der Waals surface area contributed by atoms with Crippen LogP contribution in [0.25, 0.3) is 12.2 Å². The summed E-state index contributed by atoms with van der Waals surface area (Å²) in [6.07, 6.45) is -5.90. The highest BCUT2D eigenvalue weighted by molar-refractivity contribution is 5.70. The predicted octanol–water partition coefficient (Wildman–Crippen LogP) is 7.91. The van der Waals surface area contributed by atoms with Crippen molar-refractivity contribution in [2.45, 2.75) is 63.4 Å². The molecule has 0 amide bonds. The summed E-state index contributed by atoms with van der Waals surface area (Å²) >= 11 is 0. The fraction of sp³-hybridized carbons (Fsp3) is 0.500. The van der Waals surface area contributed by atoms with E-state index in [1.165, 1.54) is 18.2 Å². The van der Waals surface area contributed by atoms with Gasteiger partial charge in [-0.05, 0) is 67.9 Å². The second kappa shape index (κ2) is 12.5. The Morgan fingerprint density at radius 3 is 2.02 bits per heavy atom. The third kappa shape index (κ3) is 7.59. The van der Waals surface area contributed by atoms with E-state index in [0.717, 1.165) is 37.3 Å². The Hall–Kier alpha value is -2.54. The van der Waals surface area contributed by atoms with Crippen molar-refractivity contribution in [3.8, 4) is 0 Å². The van der Waals surface area contributed by atoms with E-state index in [-0.39, 0.29) is 35.4 Å². The van der Waals surface area contributed by atoms with Crippen molar-refractivity contribution in [3.63, 3.8) is 0 Å². The molecule has 0 radical (unpaired) electrons. The predicted molar refractivity (Wildman–Crippen MR) is 129 cm³/mol. The summed E-state index contributed by atoms with van der Waals surface area (Å²) in [5, 5.41) is 0. The maximum Gasteiger partial charge on any atom is 0.527 e. The average molecular weight is 581 g/mol. The van der Waals surface area contributed by atoms with Gasteiger partial charge in [-0.15, -0.1) is 13.2 Å². The van der Waals surface area contributed by atoms with Crippen molar-refractivity contribution in [1.82, 2.24) is 0 Å². The standard InChI is InChI=1S/C28H28F8O4/c1-2-37-21-14-38-26(39-15-21)19-8-5-17(6-9-19)20-10-7-18(22(29)13-20)4-3-16-11-23(30)25(24(31)12-16)27(32,33)40-28(34,35)36/h3-4,7,10-13,17,19,21,26H,2,5-6,8-9,14-15H2,1H3. The van der Waals surface area contributed by atoms with Crippen LogP contribution in [0.15, 0.2) is 30.3 Å². The minimum Gasteiger partial charge on any atom is -0.374 e. The first-order chi connectivity index (χ1) is 18.9. The summed E-state index contributed by atoms with van der Waals surface area (Å²) < 4.78 is 127. The highest BCUT2D eigenvalue weighted by Gasteiger charge is 2.49. The van der Waals surface area contributed by atoms with Gasteiger partial charge >= 0.3 is 12.5 Å². The molecule has 2 aromatic carbocycles. The highest BCUT2D eigenvalue weighted by Crippen LogP contribution is 2.40. The summed E-state index contributed by atoms with van der Waals surface area (Å²) in [6, 6.07) is 5.42. The first-order valence-corrected chi connectivity index (χ1v) is 12.8. The lowest BCUT2D eigenvalue weighted by molar-refractivity contribution is -0.432. The molecule has 0 spiro atoms. The zero-order valence-corrected chi connectivity index (χ0v) is 21.5. The molecular weight excluding hydrogens is 552 g/mol. The van der Waals surface area contributed by atoms with Gasteiger partial charge in [-0.1, -0.05) is 24.3 Å². The molecule has 1 saturated heterocycles. The van der Waals surface area contributed by atoms with Gasteiger partial charge in [0.2, 0.25) is 0 Å². The third-order valence-corrected chi connectivity index (χ3v) is 7.00. The molecule has 0 bridgehead atoms. The number of alkyl halides is 5. The second-order valence-electron chi connectivity index (χ2n) is 9.76. The fourth-order valence-electron chi connectivity index (χ4n) is 5.11. The lowest BCUT2D eigenvalue weighted by Gasteiger charge is -2.37. The van der Waals surface area contributed by atoms with E-state index >= 15 is 0 Å². The molecule has 0 N–H and O–H groups in total. The summed E-state index contributed by atoms with van der Waals surface area (Å²) in [5.74, 6) is -4.13. The van der Waals surface area contributed by atoms with Gasteiger partial charge in [0.05, 0.1) is 13.2 Å². The van der Waals surface area contributed by atoms with E-state index in [2.05, 4.69) is 4.74 Å². The number of halogens is 8. The normalized spacial score (nSPS) is 24.5. The first kappa shape index (κ1) is 30.4. The first-order valence-electron chi connectivity index (χ1n) is 12.8. The van der Waals surface area contributed by atoms with Crippen LogP contribution in [0.4, 0.5) is 35.1 Å². The molecular formula is C28H28F8O4. The molecule has 0 atom stereocenters. The largest absolute Gasteiger partial charge is 0.527 e. The van der Waals surface area contributed by atoms with Crippen LogP contribution in [0.3, 0.4) is 0 Å². The smallest absolute Gasteiger partial charge is 0.374 e. The van der Waals surface area contributed by atoms with Crippen LogP contribution >= 0.6 is 0 Å². The molecule has 4 rings (SSSR count). The highest BCUT2D eigenvalue weighted by atomic mass is 19.4. The molecule has 1 saturated carbocycles. The Kier molecular flexibility index (Phi) is 9.54. The van der Waals surface area contributed by atoms with Crippen LogP contribution in [0.1, 0.15) is 60.8 Å². The maximum absolute atomic E-state index is 14.8. The van der Waals surface area contributed by atoms with Crippen LogP contribution < -0.4 is 0 Å². The Bertz CT molecular complexity index is 1160. The van der Waals surface area contributed by atoms with Crippen LogP contribution in [-0.4, -0.2) is 38.6 Å². The molecule has 40 heavy (non-hydrogen) atoms. The Labute approximate surface area is 225 Å². The van der Waals surface area contributed by atoms with Crippen molar-refractivity contribution >= 4 is 12.2 Å². The van der Waals surface area contributed by atoms with Gasteiger partial charge in [0.25, 0.3) is 0 Å². The van der Waals surface area contributed by atoms with Gasteiger partial charge in [0.15, 0.2) is 6.29 Å². The van der Waals surface area contributed by atoms with Crippen molar-refractivity contribution in [2.75, 3.05) is 19.8 Å². The molecule has 220 valence electrons. The molecule has 2 aliphatic rings. The van der Waals surface area contributed by atoms with Gasteiger partial charge in [0, 0.05) is 18.1 Å². The van der Waals surface area contributed by atoms with Crippen molar-refractivity contribution in [3.05, 3.63) is 70.0 Å². The van der Waals surface area contributed by atoms with Gasteiger partial charge in [-0.3, -0.25) is 0 Å². The van der Waals surface area contributed by atoms with E-state index in [1.807, 2.05) is 6.92 Å². The SMILES string of the molecule is CCOC1COC(C2CCC(c3ccc(C=Cc4cc(F)c(C(F)(F)OC(F)(F)F)c(F)c4)c(F)c3)CC2)OC1. The molecule has 1 aliphatic carbocycles. The van der Waals surface area contributed by atoms with Gasteiger partial charge in [0.1, 0.15) is 29.1 Å². The van der Waals surface area contributed by atoms with E-state index in [1.54, 1.807) is 6.07 Å². The zero-order valence-electron chi connectivity index (χ0n) is 21.5. The van der Waals surface area contributed by atoms with Crippen molar-refractivity contribution < 1.29 is 54.1 Å². The Balaban J connectivity index is 1.37. The minimum atomic E-state index is -5.82. The van der Waals surface area contributed by atoms with E-state index in [9.17, 15) is 35.1 Å². The Morgan fingerprint density at radius 1 is 0.850 bits per heavy atom. The van der Waals surface area contributed by atoms with Crippen molar-refractivity contribution in [1.29, 1.82) is 0 Å². The van der Waals surface area contributed by atoms with Crippen LogP contribution in [0, 0.1) is 23.4 Å². The average Bonchev–Trinajstić information content (AvgIpc) is 2.87. The minimum absolute atomic E-state index is 0.0619. The maximum atomic E-state index is 14.8. The van der Waals surface area contributed by atoms with E-state index in [0.29, 0.717) is 32.0 Å². The van der Waals surface area contributed by atoms with E-state index < -0.39 is 35.5 Å². The molecule has 12 heteroatoms. The summed E-state index contributed by atoms with van der Waals surface area (Å²) in [6.45, 7) is 3.48. The second-order valence-corrected chi connectivity index (χ2v) is 9.76. The molecule has 0 aromatic heterocycles. The molecule has 0 unspecified atom stereocenters. The molecule has 1 aliphatic heterocycles. The van der Waals surface area contributed by atoms with Crippen LogP contribution in [0.2, 0.25) is 0 Å². The Morgan fingerprint density at radius 2 is 1.48 bits per heavy atom. The topological polar surface area (TPSA) is 36.9 Å². The molecule has 4 nitrogen and oxygen atoms in total. The summed E-state index contributed by atoms with van der Waals surface area (Å²) in [7, 11) is 0. The molecule has 1 heterocycles. The summed E-state index contributed by atoms with van der Waals surface area (Å²) in [4.78, 5) is 0. The monoisotopic (exact) mass is 580 g/mol. The van der Waals surface area contributed by atoms with Crippen LogP contribution in [0.5, 0.6) is 0 Å². The number of rotatable bonds is 8. The van der Waals surface area contributed by atoms with Gasteiger partial charge in [-0.25, -0.2) is 17.9 Å². The lowest BCUT2D eigenvalue weighted by atomic mass is 9.78. The zero-order chi connectivity index (χ0) is 29.1. The van der Waals surface area contributed by atoms with Crippen LogP contribution in [-0.2, 0) is 25.1 Å². The number of hydrogen-bond donors (Lipinski definition) is 0. The molecule has 2 fully saturated rings. The quantitative estimate of drug-likeness (QED) is 0.235. The summed E-state index contributed by atoms with van der Waals surface area (Å²) in [5.41, 5.74) is -1.61. The fourth-order valence-corrected chi connectivity index (χ4v) is 5.11. The van der Waals surface area contributed by atoms with Gasteiger partial charge < -0.3 is 14.2 Å². The lowest BCUT2D eigenvalue weighted by Crippen LogP contribution is -2.41. The molecule has 2 aromatic rings. The van der Waals surface area contributed by atoms with Crippen molar-refractivity contribution in [2.24, 2.45) is 5.92 Å². The number of benzene rings is 2. The van der Waals surface area contributed by atoms with E-state index in [4.69, 9.17) is 14.2 Å². The number of ether oxygens (including phenoxy) is 4. The number of hydrogen-bond acceptors (Lipinski definition) is 4.